The van der Waals surface area contributed by atoms with Crippen LogP contribution in [-0.4, -0.2) is 11.1 Å². The van der Waals surface area contributed by atoms with Gasteiger partial charge in [0.1, 0.15) is 0 Å². The summed E-state index contributed by atoms with van der Waals surface area (Å²) in [7, 11) is 0. The van der Waals surface area contributed by atoms with Crippen LogP contribution in [0.15, 0.2) is 54.6 Å². The van der Waals surface area contributed by atoms with Gasteiger partial charge in [0.15, 0.2) is 0 Å². The molecule has 92 valence electrons. The fourth-order valence-electron chi connectivity index (χ4n) is 2.07. The quantitative estimate of drug-likeness (QED) is 0.888. The van der Waals surface area contributed by atoms with Gasteiger partial charge in [-0.2, -0.15) is 0 Å². The minimum absolute atomic E-state index is 0.468. The Morgan fingerprint density at radius 3 is 2.33 bits per heavy atom. The molecule has 0 saturated heterocycles. The highest BCUT2D eigenvalue weighted by molar-refractivity contribution is 5.76. The number of carbonyl (C=O) groups is 1. The van der Waals surface area contributed by atoms with Crippen LogP contribution in [0.5, 0.6) is 0 Å². The van der Waals surface area contributed by atoms with Gasteiger partial charge < -0.3 is 5.11 Å². The Morgan fingerprint density at radius 1 is 1.06 bits per heavy atom. The average molecular weight is 240 g/mol. The minimum Gasteiger partial charge on any atom is -0.481 e. The number of aliphatic carboxylic acids is 1. The first-order valence-corrected chi connectivity index (χ1v) is 6.03. The normalized spacial score (nSPS) is 12.1. The highest BCUT2D eigenvalue weighted by Crippen LogP contribution is 2.22. The van der Waals surface area contributed by atoms with Crippen molar-refractivity contribution in [1.82, 2.24) is 0 Å². The first kappa shape index (κ1) is 12.4. The molecule has 2 nitrogen and oxygen atoms in total. The first-order valence-electron chi connectivity index (χ1n) is 6.03. The summed E-state index contributed by atoms with van der Waals surface area (Å²) in [5.74, 6) is -1.25. The molecule has 0 aliphatic rings. The molecule has 0 fully saturated rings. The Morgan fingerprint density at radius 2 is 1.67 bits per heavy atom. The summed E-state index contributed by atoms with van der Waals surface area (Å²) in [5.41, 5.74) is 3.18. The van der Waals surface area contributed by atoms with E-state index in [-0.39, 0.29) is 0 Å². The lowest BCUT2D eigenvalue weighted by Crippen LogP contribution is -2.10. The van der Waals surface area contributed by atoms with Crippen LogP contribution in [0.25, 0.3) is 0 Å². The number of carboxylic acid groups (broad SMARTS) is 1. The summed E-state index contributed by atoms with van der Waals surface area (Å²) in [6.07, 6.45) is 0.772. The summed E-state index contributed by atoms with van der Waals surface area (Å²) >= 11 is 0. The lowest BCUT2D eigenvalue weighted by atomic mass is 9.92. The van der Waals surface area contributed by atoms with Crippen molar-refractivity contribution in [3.63, 3.8) is 0 Å². The zero-order valence-electron chi connectivity index (χ0n) is 10.3. The number of benzene rings is 2. The molecule has 0 aliphatic heterocycles. The van der Waals surface area contributed by atoms with Crippen molar-refractivity contribution in [2.75, 3.05) is 0 Å². The van der Waals surface area contributed by atoms with Crippen LogP contribution in [0, 0.1) is 0 Å². The Labute approximate surface area is 107 Å². The maximum absolute atomic E-state index is 11.1. The molecule has 0 aromatic heterocycles. The summed E-state index contributed by atoms with van der Waals surface area (Å²) in [4.78, 5) is 11.1. The standard InChI is InChI=1S/C16H16O2/c1-12(16(17)18)15-10-6-5-9-14(15)11-13-7-3-2-4-8-13/h2-10,12H,11H2,1H3,(H,17,18)/t12-/m0/s1. The van der Waals surface area contributed by atoms with Crippen molar-refractivity contribution >= 4 is 5.97 Å². The van der Waals surface area contributed by atoms with E-state index in [0.717, 1.165) is 17.5 Å². The van der Waals surface area contributed by atoms with E-state index in [4.69, 9.17) is 5.11 Å². The molecule has 0 unspecified atom stereocenters. The smallest absolute Gasteiger partial charge is 0.310 e. The average Bonchev–Trinajstić information content (AvgIpc) is 2.39. The third-order valence-electron chi connectivity index (χ3n) is 3.13. The van der Waals surface area contributed by atoms with E-state index in [1.807, 2.05) is 42.5 Å². The van der Waals surface area contributed by atoms with Crippen LogP contribution in [0.4, 0.5) is 0 Å². The van der Waals surface area contributed by atoms with Gasteiger partial charge in [-0.1, -0.05) is 54.6 Å². The highest BCUT2D eigenvalue weighted by Gasteiger charge is 2.16. The largest absolute Gasteiger partial charge is 0.481 e. The Bertz CT molecular complexity index is 532. The molecule has 0 heterocycles. The second kappa shape index (κ2) is 5.50. The number of carboxylic acids is 1. The Kier molecular flexibility index (Phi) is 3.78. The van der Waals surface area contributed by atoms with Crippen molar-refractivity contribution in [2.24, 2.45) is 0 Å². The van der Waals surface area contributed by atoms with Crippen molar-refractivity contribution in [3.05, 3.63) is 71.3 Å². The third kappa shape index (κ3) is 2.77. The van der Waals surface area contributed by atoms with Gasteiger partial charge >= 0.3 is 5.97 Å². The van der Waals surface area contributed by atoms with E-state index < -0.39 is 11.9 Å². The molecule has 0 bridgehead atoms. The summed E-state index contributed by atoms with van der Waals surface area (Å²) in [6.45, 7) is 1.73. The van der Waals surface area contributed by atoms with Crippen LogP contribution in [0.2, 0.25) is 0 Å². The fraction of sp³-hybridized carbons (Fsp3) is 0.188. The van der Waals surface area contributed by atoms with Gasteiger partial charge in [-0.15, -0.1) is 0 Å². The SMILES string of the molecule is C[C@H](C(=O)O)c1ccccc1Cc1ccccc1. The second-order valence-corrected chi connectivity index (χ2v) is 4.42. The molecule has 0 spiro atoms. The van der Waals surface area contributed by atoms with Crippen molar-refractivity contribution in [2.45, 2.75) is 19.3 Å². The summed E-state index contributed by atoms with van der Waals surface area (Å²) in [6, 6.07) is 17.8. The lowest BCUT2D eigenvalue weighted by molar-refractivity contribution is -0.138. The molecule has 2 aromatic carbocycles. The van der Waals surface area contributed by atoms with E-state index in [0.29, 0.717) is 0 Å². The van der Waals surface area contributed by atoms with Crippen molar-refractivity contribution in [1.29, 1.82) is 0 Å². The highest BCUT2D eigenvalue weighted by atomic mass is 16.4. The molecule has 2 rings (SSSR count). The molecule has 0 amide bonds. The van der Waals surface area contributed by atoms with E-state index in [9.17, 15) is 4.79 Å². The predicted octanol–water partition coefficient (Wildman–Crippen LogP) is 3.47. The topological polar surface area (TPSA) is 37.3 Å². The van der Waals surface area contributed by atoms with E-state index >= 15 is 0 Å². The first-order chi connectivity index (χ1) is 8.68. The van der Waals surface area contributed by atoms with E-state index in [1.54, 1.807) is 6.92 Å². The molecule has 1 atom stereocenters. The molecule has 0 radical (unpaired) electrons. The predicted molar refractivity (Wildman–Crippen MR) is 71.7 cm³/mol. The van der Waals surface area contributed by atoms with Gasteiger partial charge in [0.25, 0.3) is 0 Å². The minimum atomic E-state index is -0.782. The monoisotopic (exact) mass is 240 g/mol. The molecular weight excluding hydrogens is 224 g/mol. The van der Waals surface area contributed by atoms with Gasteiger partial charge in [0.2, 0.25) is 0 Å². The van der Waals surface area contributed by atoms with Crippen LogP contribution in [0.3, 0.4) is 0 Å². The van der Waals surface area contributed by atoms with E-state index in [2.05, 4.69) is 12.1 Å². The molecule has 18 heavy (non-hydrogen) atoms. The van der Waals surface area contributed by atoms with E-state index in [1.165, 1.54) is 5.56 Å². The summed E-state index contributed by atoms with van der Waals surface area (Å²) < 4.78 is 0. The number of hydrogen-bond donors (Lipinski definition) is 1. The number of hydrogen-bond acceptors (Lipinski definition) is 1. The molecule has 2 heteroatoms. The van der Waals surface area contributed by atoms with Crippen LogP contribution in [-0.2, 0) is 11.2 Å². The Balaban J connectivity index is 2.31. The van der Waals surface area contributed by atoms with Crippen LogP contribution < -0.4 is 0 Å². The second-order valence-electron chi connectivity index (χ2n) is 4.42. The molecule has 1 N–H and O–H groups in total. The van der Waals surface area contributed by atoms with Gasteiger partial charge in [-0.25, -0.2) is 0 Å². The molecule has 2 aromatic rings. The van der Waals surface area contributed by atoms with Gasteiger partial charge in [0.05, 0.1) is 5.92 Å². The van der Waals surface area contributed by atoms with Gasteiger partial charge in [-0.3, -0.25) is 4.79 Å². The zero-order valence-corrected chi connectivity index (χ0v) is 10.3. The molecule has 0 saturated carbocycles. The fourth-order valence-corrected chi connectivity index (χ4v) is 2.07. The Hall–Kier alpha value is -2.09. The molecular formula is C16H16O2. The van der Waals surface area contributed by atoms with Gasteiger partial charge in [0, 0.05) is 0 Å². The zero-order chi connectivity index (χ0) is 13.0. The van der Waals surface area contributed by atoms with Crippen LogP contribution >= 0.6 is 0 Å². The molecule has 0 aliphatic carbocycles. The number of rotatable bonds is 4. The summed E-state index contributed by atoms with van der Waals surface area (Å²) in [5, 5.41) is 9.13. The third-order valence-corrected chi connectivity index (χ3v) is 3.13. The van der Waals surface area contributed by atoms with Gasteiger partial charge in [-0.05, 0) is 30.0 Å². The maximum Gasteiger partial charge on any atom is 0.310 e. The van der Waals surface area contributed by atoms with Crippen LogP contribution in [0.1, 0.15) is 29.5 Å². The van der Waals surface area contributed by atoms with Crippen molar-refractivity contribution in [3.8, 4) is 0 Å². The lowest BCUT2D eigenvalue weighted by Gasteiger charge is -2.13. The maximum atomic E-state index is 11.1. The van der Waals surface area contributed by atoms with Crippen molar-refractivity contribution < 1.29 is 9.90 Å².